The van der Waals surface area contributed by atoms with Gasteiger partial charge in [0.25, 0.3) is 5.56 Å². The number of nitrogens with one attached hydrogen (secondary N) is 2. The number of carboxylic acids is 1. The number of anilines is 1. The topological polar surface area (TPSA) is 121 Å². The fourth-order valence-corrected chi connectivity index (χ4v) is 3.46. The number of aryl methyl sites for hydroxylation is 1. The predicted octanol–water partition coefficient (Wildman–Crippen LogP) is 4.27. The number of aliphatic carboxylic acids is 1. The van der Waals surface area contributed by atoms with E-state index in [4.69, 9.17) is 0 Å². The molecule has 2 aromatic carbocycles. The summed E-state index contributed by atoms with van der Waals surface area (Å²) >= 11 is 0. The Balaban J connectivity index is 1.85. The molecule has 0 aliphatic rings. The van der Waals surface area contributed by atoms with Gasteiger partial charge in [0.15, 0.2) is 5.69 Å². The van der Waals surface area contributed by atoms with Crippen LogP contribution in [0.25, 0.3) is 0 Å². The van der Waals surface area contributed by atoms with Gasteiger partial charge in [-0.05, 0) is 30.2 Å². The van der Waals surface area contributed by atoms with Crippen LogP contribution in [-0.4, -0.2) is 26.8 Å². The van der Waals surface area contributed by atoms with Gasteiger partial charge in [0.1, 0.15) is 5.75 Å². The first kappa shape index (κ1) is 25.3. The van der Waals surface area contributed by atoms with Gasteiger partial charge in [0, 0.05) is 6.20 Å². The van der Waals surface area contributed by atoms with E-state index in [0.717, 1.165) is 28.5 Å². The van der Waals surface area contributed by atoms with Crippen molar-refractivity contribution in [1.29, 1.82) is 0 Å². The molecule has 1 heterocycles. The highest BCUT2D eigenvalue weighted by molar-refractivity contribution is 5.91. The maximum atomic E-state index is 13.3. The molecule has 0 spiro atoms. The van der Waals surface area contributed by atoms with Crippen LogP contribution in [0.1, 0.15) is 34.7 Å². The molecule has 3 rings (SSSR count). The number of hydrogen-bond acceptors (Lipinski definition) is 4. The summed E-state index contributed by atoms with van der Waals surface area (Å²) in [4.78, 5) is 36.7. The van der Waals surface area contributed by atoms with Crippen LogP contribution in [0.4, 0.5) is 23.7 Å². The molecule has 11 heteroatoms. The van der Waals surface area contributed by atoms with Crippen molar-refractivity contribution >= 4 is 17.7 Å². The summed E-state index contributed by atoms with van der Waals surface area (Å²) in [5.74, 6) is -1.78. The van der Waals surface area contributed by atoms with Gasteiger partial charge in [-0.3, -0.25) is 9.59 Å². The molecule has 3 aromatic rings. The molecule has 0 bridgehead atoms. The first-order valence-electron chi connectivity index (χ1n) is 10.4. The quantitative estimate of drug-likeness (QED) is 0.395. The Labute approximate surface area is 197 Å². The highest BCUT2D eigenvalue weighted by atomic mass is 19.4. The second-order valence-corrected chi connectivity index (χ2v) is 7.82. The number of nitrogens with zero attached hydrogens (tertiary/aromatic N) is 1. The van der Waals surface area contributed by atoms with Gasteiger partial charge in [0.2, 0.25) is 0 Å². The maximum Gasteiger partial charge on any atom is 0.416 e. The second-order valence-electron chi connectivity index (χ2n) is 7.82. The normalized spacial score (nSPS) is 12.1. The third-order valence-corrected chi connectivity index (χ3v) is 5.21. The van der Waals surface area contributed by atoms with Crippen LogP contribution in [-0.2, 0) is 17.5 Å². The fraction of sp³-hybridized carbons (Fsp3) is 0.208. The lowest BCUT2D eigenvalue weighted by Gasteiger charge is -2.19. The summed E-state index contributed by atoms with van der Waals surface area (Å²) in [6.07, 6.45) is -3.98. The van der Waals surface area contributed by atoms with E-state index in [2.05, 4.69) is 10.6 Å². The highest BCUT2D eigenvalue weighted by Gasteiger charge is 2.33. The van der Waals surface area contributed by atoms with Gasteiger partial charge in [-0.15, -0.1) is 0 Å². The zero-order valence-electron chi connectivity index (χ0n) is 18.5. The monoisotopic (exact) mass is 489 g/mol. The Morgan fingerprint density at radius 1 is 1.06 bits per heavy atom. The van der Waals surface area contributed by atoms with Crippen molar-refractivity contribution in [2.24, 2.45) is 0 Å². The number of aromatic hydroxyl groups is 1. The van der Waals surface area contributed by atoms with Gasteiger partial charge in [-0.1, -0.05) is 48.0 Å². The number of carboxylic acid groups (broad SMARTS) is 1. The SMILES string of the molecule is Cc1ccc([C@H](CC(=O)O)NC(=O)Nc2c(O)ccn(Cc3ccccc3C(F)(F)F)c2=O)cc1. The maximum absolute atomic E-state index is 13.3. The van der Waals surface area contributed by atoms with Crippen molar-refractivity contribution in [1.82, 2.24) is 9.88 Å². The van der Waals surface area contributed by atoms with Gasteiger partial charge >= 0.3 is 18.2 Å². The van der Waals surface area contributed by atoms with Crippen LogP contribution in [0.3, 0.4) is 0 Å². The molecule has 0 saturated carbocycles. The number of alkyl halides is 3. The number of carbonyl (C=O) groups excluding carboxylic acids is 1. The Kier molecular flexibility index (Phi) is 7.48. The molecule has 0 fully saturated rings. The molecule has 4 N–H and O–H groups in total. The second kappa shape index (κ2) is 10.3. The summed E-state index contributed by atoms with van der Waals surface area (Å²) in [6.45, 7) is 1.38. The lowest BCUT2D eigenvalue weighted by molar-refractivity contribution is -0.138. The Morgan fingerprint density at radius 2 is 1.71 bits per heavy atom. The molecule has 0 unspecified atom stereocenters. The first-order chi connectivity index (χ1) is 16.5. The molecule has 0 aliphatic heterocycles. The molecule has 184 valence electrons. The molecule has 0 aliphatic carbocycles. The van der Waals surface area contributed by atoms with E-state index in [-0.39, 0.29) is 5.56 Å². The number of hydrogen-bond donors (Lipinski definition) is 4. The minimum absolute atomic E-state index is 0.177. The molecule has 2 amide bonds. The summed E-state index contributed by atoms with van der Waals surface area (Å²) in [5, 5.41) is 23.9. The van der Waals surface area contributed by atoms with Crippen LogP contribution >= 0.6 is 0 Å². The summed E-state index contributed by atoms with van der Waals surface area (Å²) < 4.78 is 40.8. The smallest absolute Gasteiger partial charge is 0.416 e. The van der Waals surface area contributed by atoms with Crippen molar-refractivity contribution in [2.75, 3.05) is 5.32 Å². The number of rotatable bonds is 7. The minimum atomic E-state index is -4.63. The largest absolute Gasteiger partial charge is 0.505 e. The van der Waals surface area contributed by atoms with E-state index in [0.29, 0.717) is 5.56 Å². The standard InChI is InChI=1S/C24H22F3N3O5/c1-14-6-8-15(9-7-14)18(12-20(32)33)28-23(35)29-21-19(31)10-11-30(22(21)34)13-16-4-2-3-5-17(16)24(25,26)27/h2-11,18,31H,12-13H2,1H3,(H,32,33)(H2,28,29,35)/t18-/m0/s1. The van der Waals surface area contributed by atoms with Gasteiger partial charge in [-0.2, -0.15) is 13.2 Å². The van der Waals surface area contributed by atoms with Crippen LogP contribution in [0.15, 0.2) is 65.6 Å². The molecule has 0 radical (unpaired) electrons. The van der Waals surface area contributed by atoms with Crippen molar-refractivity contribution < 1.29 is 33.0 Å². The Bertz CT molecular complexity index is 1290. The molecule has 1 aromatic heterocycles. The number of aromatic nitrogens is 1. The van der Waals surface area contributed by atoms with Crippen molar-refractivity contribution in [2.45, 2.75) is 32.1 Å². The van der Waals surface area contributed by atoms with Crippen molar-refractivity contribution in [3.05, 3.63) is 93.4 Å². The average Bonchev–Trinajstić information content (AvgIpc) is 2.78. The Morgan fingerprint density at radius 3 is 2.34 bits per heavy atom. The number of urea groups is 1. The van der Waals surface area contributed by atoms with E-state index < -0.39 is 59.7 Å². The van der Waals surface area contributed by atoms with Gasteiger partial charge < -0.3 is 25.4 Å². The number of carbonyl (C=O) groups is 2. The van der Waals surface area contributed by atoms with E-state index in [1.165, 1.54) is 18.2 Å². The van der Waals surface area contributed by atoms with E-state index in [1.54, 1.807) is 24.3 Å². The summed E-state index contributed by atoms with van der Waals surface area (Å²) in [6, 6.07) is 10.7. The molecule has 0 saturated heterocycles. The van der Waals surface area contributed by atoms with Crippen LogP contribution in [0.5, 0.6) is 5.75 Å². The highest BCUT2D eigenvalue weighted by Crippen LogP contribution is 2.32. The lowest BCUT2D eigenvalue weighted by Crippen LogP contribution is -2.36. The zero-order valence-corrected chi connectivity index (χ0v) is 18.5. The third kappa shape index (κ3) is 6.40. The van der Waals surface area contributed by atoms with Gasteiger partial charge in [-0.25, -0.2) is 4.79 Å². The number of amides is 2. The molecular weight excluding hydrogens is 467 g/mol. The summed E-state index contributed by atoms with van der Waals surface area (Å²) in [7, 11) is 0. The van der Waals surface area contributed by atoms with Crippen molar-refractivity contribution in [3.63, 3.8) is 0 Å². The average molecular weight is 489 g/mol. The van der Waals surface area contributed by atoms with E-state index in [1.807, 2.05) is 6.92 Å². The predicted molar refractivity (Wildman–Crippen MR) is 121 cm³/mol. The minimum Gasteiger partial charge on any atom is -0.505 e. The van der Waals surface area contributed by atoms with E-state index >= 15 is 0 Å². The lowest BCUT2D eigenvalue weighted by atomic mass is 10.0. The molecule has 35 heavy (non-hydrogen) atoms. The number of pyridine rings is 1. The first-order valence-corrected chi connectivity index (χ1v) is 10.4. The fourth-order valence-electron chi connectivity index (χ4n) is 3.46. The van der Waals surface area contributed by atoms with Crippen LogP contribution in [0.2, 0.25) is 0 Å². The molecular formula is C24H22F3N3O5. The zero-order chi connectivity index (χ0) is 25.8. The summed E-state index contributed by atoms with van der Waals surface area (Å²) in [5.41, 5.74) is -1.17. The number of halogens is 3. The van der Waals surface area contributed by atoms with Crippen LogP contribution in [0, 0.1) is 6.92 Å². The molecule has 1 atom stereocenters. The van der Waals surface area contributed by atoms with Crippen LogP contribution < -0.4 is 16.2 Å². The van der Waals surface area contributed by atoms with Crippen molar-refractivity contribution in [3.8, 4) is 5.75 Å². The molecule has 8 nitrogen and oxygen atoms in total. The third-order valence-electron chi connectivity index (χ3n) is 5.21. The van der Waals surface area contributed by atoms with Gasteiger partial charge in [0.05, 0.1) is 24.6 Å². The Hall–Kier alpha value is -4.28. The number of benzene rings is 2. The van der Waals surface area contributed by atoms with E-state index in [9.17, 15) is 37.8 Å².